The highest BCUT2D eigenvalue weighted by molar-refractivity contribution is 5.83. The molecule has 2 atom stereocenters. The zero-order chi connectivity index (χ0) is 23.2. The van der Waals surface area contributed by atoms with E-state index in [1.54, 1.807) is 6.92 Å². The quantitative estimate of drug-likeness (QED) is 0.549. The molecule has 0 aromatic heterocycles. The number of esters is 2. The molecule has 0 saturated heterocycles. The lowest BCUT2D eigenvalue weighted by Crippen LogP contribution is -2.40. The van der Waals surface area contributed by atoms with E-state index < -0.39 is 11.0 Å². The molecule has 0 aliphatic carbocycles. The molecule has 0 fully saturated rings. The van der Waals surface area contributed by atoms with E-state index in [4.69, 9.17) is 9.47 Å². The van der Waals surface area contributed by atoms with Gasteiger partial charge in [-0.3, -0.25) is 9.59 Å². The molecule has 1 aromatic carbocycles. The van der Waals surface area contributed by atoms with Gasteiger partial charge in [0, 0.05) is 6.61 Å². The zero-order valence-corrected chi connectivity index (χ0v) is 20.0. The van der Waals surface area contributed by atoms with E-state index in [2.05, 4.69) is 0 Å². The molecule has 0 heterocycles. The highest BCUT2D eigenvalue weighted by atomic mass is 16.6. The Hall–Kier alpha value is -1.88. The summed E-state index contributed by atoms with van der Waals surface area (Å²) >= 11 is 0. The van der Waals surface area contributed by atoms with Crippen molar-refractivity contribution >= 4 is 11.9 Å². The number of benzene rings is 1. The first-order valence-corrected chi connectivity index (χ1v) is 10.8. The van der Waals surface area contributed by atoms with Crippen LogP contribution in [0.5, 0.6) is 0 Å². The molecular formula is C25H40O5. The summed E-state index contributed by atoms with van der Waals surface area (Å²) in [4.78, 5) is 25.3. The second-order valence-corrected chi connectivity index (χ2v) is 10.2. The average Bonchev–Trinajstić information content (AvgIpc) is 2.65. The Kier molecular flexibility index (Phi) is 9.09. The van der Waals surface area contributed by atoms with Crippen molar-refractivity contribution in [1.29, 1.82) is 0 Å². The van der Waals surface area contributed by atoms with Crippen molar-refractivity contribution in [2.24, 2.45) is 11.3 Å². The van der Waals surface area contributed by atoms with Crippen LogP contribution in [0.4, 0.5) is 0 Å². The lowest BCUT2D eigenvalue weighted by atomic mass is 9.73. The number of aliphatic hydroxyl groups is 1. The van der Waals surface area contributed by atoms with E-state index in [0.29, 0.717) is 25.9 Å². The predicted octanol–water partition coefficient (Wildman–Crippen LogP) is 4.83. The number of hydrogen-bond donors (Lipinski definition) is 1. The summed E-state index contributed by atoms with van der Waals surface area (Å²) in [6.07, 6.45) is 1.76. The SMILES string of the molecule is CCOC(=O)C(C)Cc1cccc(C(C)(CCC(C)(C)CO)C(=O)OC(C)(C)C)c1. The van der Waals surface area contributed by atoms with E-state index in [0.717, 1.165) is 11.1 Å². The van der Waals surface area contributed by atoms with Crippen molar-refractivity contribution in [2.45, 2.75) is 85.7 Å². The molecule has 0 radical (unpaired) electrons. The summed E-state index contributed by atoms with van der Waals surface area (Å²) in [5.41, 5.74) is 0.0894. The molecule has 0 aliphatic heterocycles. The van der Waals surface area contributed by atoms with Gasteiger partial charge < -0.3 is 14.6 Å². The summed E-state index contributed by atoms with van der Waals surface area (Å²) in [5.74, 6) is -0.761. The molecule has 0 saturated carbocycles. The Labute approximate surface area is 182 Å². The van der Waals surface area contributed by atoms with Crippen molar-refractivity contribution in [2.75, 3.05) is 13.2 Å². The summed E-state index contributed by atoms with van der Waals surface area (Å²) < 4.78 is 10.9. The van der Waals surface area contributed by atoms with Crippen LogP contribution in [-0.2, 0) is 30.9 Å². The molecule has 1 rings (SSSR count). The molecule has 5 nitrogen and oxygen atoms in total. The van der Waals surface area contributed by atoms with Crippen LogP contribution >= 0.6 is 0 Å². The van der Waals surface area contributed by atoms with Crippen molar-refractivity contribution in [3.8, 4) is 0 Å². The highest BCUT2D eigenvalue weighted by Crippen LogP contribution is 2.37. The maximum atomic E-state index is 13.3. The van der Waals surface area contributed by atoms with Gasteiger partial charge >= 0.3 is 11.9 Å². The second kappa shape index (κ2) is 10.4. The number of carbonyl (C=O) groups is 2. The Bertz CT molecular complexity index is 716. The minimum absolute atomic E-state index is 0.0501. The number of aliphatic hydroxyl groups excluding tert-OH is 1. The molecule has 0 aliphatic rings. The Balaban J connectivity index is 3.23. The van der Waals surface area contributed by atoms with E-state index in [9.17, 15) is 14.7 Å². The fourth-order valence-electron chi connectivity index (χ4n) is 3.19. The van der Waals surface area contributed by atoms with Gasteiger partial charge in [-0.15, -0.1) is 0 Å². The molecule has 170 valence electrons. The van der Waals surface area contributed by atoms with E-state index >= 15 is 0 Å². The Morgan fingerprint density at radius 1 is 1.07 bits per heavy atom. The van der Waals surface area contributed by atoms with Gasteiger partial charge in [-0.2, -0.15) is 0 Å². The molecule has 2 unspecified atom stereocenters. The molecule has 1 N–H and O–H groups in total. The average molecular weight is 421 g/mol. The molecular weight excluding hydrogens is 380 g/mol. The highest BCUT2D eigenvalue weighted by Gasteiger charge is 2.40. The van der Waals surface area contributed by atoms with Gasteiger partial charge in [0.25, 0.3) is 0 Å². The maximum absolute atomic E-state index is 13.3. The molecule has 0 bridgehead atoms. The number of hydrogen-bond acceptors (Lipinski definition) is 5. The van der Waals surface area contributed by atoms with Gasteiger partial charge in [0.05, 0.1) is 17.9 Å². The van der Waals surface area contributed by atoms with Crippen LogP contribution in [0.2, 0.25) is 0 Å². The van der Waals surface area contributed by atoms with Gasteiger partial charge in [0.2, 0.25) is 0 Å². The summed E-state index contributed by atoms with van der Waals surface area (Å²) in [5, 5.41) is 9.67. The van der Waals surface area contributed by atoms with Crippen LogP contribution in [0.25, 0.3) is 0 Å². The molecule has 0 spiro atoms. The Morgan fingerprint density at radius 2 is 1.70 bits per heavy atom. The van der Waals surface area contributed by atoms with Crippen LogP contribution in [0.15, 0.2) is 24.3 Å². The van der Waals surface area contributed by atoms with Gasteiger partial charge in [-0.05, 0) is 70.4 Å². The smallest absolute Gasteiger partial charge is 0.316 e. The summed E-state index contributed by atoms with van der Waals surface area (Å²) in [6.45, 7) is 15.5. The third-order valence-electron chi connectivity index (χ3n) is 5.37. The fourth-order valence-corrected chi connectivity index (χ4v) is 3.19. The van der Waals surface area contributed by atoms with Crippen LogP contribution < -0.4 is 0 Å². The van der Waals surface area contributed by atoms with Crippen LogP contribution in [0.3, 0.4) is 0 Å². The Morgan fingerprint density at radius 3 is 2.23 bits per heavy atom. The van der Waals surface area contributed by atoms with Crippen molar-refractivity contribution in [3.63, 3.8) is 0 Å². The molecule has 30 heavy (non-hydrogen) atoms. The van der Waals surface area contributed by atoms with Crippen LogP contribution in [-0.4, -0.2) is 35.9 Å². The minimum Gasteiger partial charge on any atom is -0.466 e. The largest absolute Gasteiger partial charge is 0.466 e. The third-order valence-corrected chi connectivity index (χ3v) is 5.37. The first kappa shape index (κ1) is 26.2. The van der Waals surface area contributed by atoms with E-state index in [-0.39, 0.29) is 29.9 Å². The zero-order valence-electron chi connectivity index (χ0n) is 20.0. The fraction of sp³-hybridized carbons (Fsp3) is 0.680. The topological polar surface area (TPSA) is 72.8 Å². The number of rotatable bonds is 10. The van der Waals surface area contributed by atoms with Gasteiger partial charge in [-0.1, -0.05) is 45.0 Å². The van der Waals surface area contributed by atoms with Gasteiger partial charge in [-0.25, -0.2) is 0 Å². The van der Waals surface area contributed by atoms with Crippen LogP contribution in [0, 0.1) is 11.3 Å². The molecule has 1 aromatic rings. The maximum Gasteiger partial charge on any atom is 0.316 e. The third kappa shape index (κ3) is 7.75. The van der Waals surface area contributed by atoms with Gasteiger partial charge in [0.1, 0.15) is 5.60 Å². The molecule has 0 amide bonds. The first-order valence-electron chi connectivity index (χ1n) is 10.8. The lowest BCUT2D eigenvalue weighted by Gasteiger charge is -2.34. The minimum atomic E-state index is -0.858. The standard InChI is InChI=1S/C25H40O5/c1-9-29-21(27)18(2)15-19-11-10-12-20(16-19)25(8,14-13-24(6,7)17-26)22(28)30-23(3,4)5/h10-12,16,18,26H,9,13-15,17H2,1-8H3. The van der Waals surface area contributed by atoms with Crippen molar-refractivity contribution < 1.29 is 24.2 Å². The number of carbonyl (C=O) groups excluding carboxylic acids is 2. The first-order chi connectivity index (χ1) is 13.7. The normalized spacial score (nSPS) is 15.2. The van der Waals surface area contributed by atoms with Gasteiger partial charge in [0.15, 0.2) is 0 Å². The second-order valence-electron chi connectivity index (χ2n) is 10.2. The number of ether oxygens (including phenoxy) is 2. The predicted molar refractivity (Wildman–Crippen MR) is 119 cm³/mol. The monoisotopic (exact) mass is 420 g/mol. The van der Waals surface area contributed by atoms with Crippen LogP contribution in [0.1, 0.15) is 79.4 Å². The van der Waals surface area contributed by atoms with Crippen molar-refractivity contribution in [3.05, 3.63) is 35.4 Å². The van der Waals surface area contributed by atoms with Crippen molar-refractivity contribution in [1.82, 2.24) is 0 Å². The van der Waals surface area contributed by atoms with E-state index in [1.807, 2.05) is 72.7 Å². The lowest BCUT2D eigenvalue weighted by molar-refractivity contribution is -0.162. The van der Waals surface area contributed by atoms with E-state index in [1.165, 1.54) is 0 Å². The summed E-state index contributed by atoms with van der Waals surface area (Å²) in [7, 11) is 0. The molecule has 5 heteroatoms. The summed E-state index contributed by atoms with van der Waals surface area (Å²) in [6, 6.07) is 7.81.